The fourth-order valence-corrected chi connectivity index (χ4v) is 4.68. The van der Waals surface area contributed by atoms with Gasteiger partial charge in [0, 0.05) is 12.2 Å². The molecule has 3 aromatic carbocycles. The Balaban J connectivity index is 1.55. The van der Waals surface area contributed by atoms with Crippen molar-refractivity contribution in [1.29, 1.82) is 5.26 Å². The van der Waals surface area contributed by atoms with Crippen LogP contribution < -0.4 is 9.47 Å². The molecule has 0 radical (unpaired) electrons. The van der Waals surface area contributed by atoms with Crippen LogP contribution >= 0.6 is 11.8 Å². The Bertz CT molecular complexity index is 1350. The van der Waals surface area contributed by atoms with Crippen molar-refractivity contribution >= 4 is 34.6 Å². The number of carbonyl (C=O) groups excluding carboxylic acids is 1. The average Bonchev–Trinajstić information content (AvgIpc) is 3.21. The van der Waals surface area contributed by atoms with E-state index in [1.54, 1.807) is 24.1 Å². The predicted molar refractivity (Wildman–Crippen MR) is 146 cm³/mol. The normalized spacial score (nSPS) is 15.3. The van der Waals surface area contributed by atoms with E-state index in [9.17, 15) is 10.1 Å². The third-order valence-electron chi connectivity index (χ3n) is 5.54. The molecule has 0 unspecified atom stereocenters. The molecule has 1 fully saturated rings. The highest BCUT2D eigenvalue weighted by Crippen LogP contribution is 2.36. The maximum absolute atomic E-state index is 13.3. The van der Waals surface area contributed by atoms with Gasteiger partial charge in [0.15, 0.2) is 16.7 Å². The summed E-state index contributed by atoms with van der Waals surface area (Å²) in [7, 11) is 1.57. The fourth-order valence-electron chi connectivity index (χ4n) is 3.66. The number of nitrogens with zero attached hydrogens (tertiary/aromatic N) is 3. The molecule has 0 spiro atoms. The van der Waals surface area contributed by atoms with Crippen molar-refractivity contribution in [2.75, 3.05) is 26.9 Å². The second-order valence-corrected chi connectivity index (χ2v) is 8.97. The molecule has 0 aromatic heterocycles. The lowest BCUT2D eigenvalue weighted by molar-refractivity contribution is -0.122. The minimum absolute atomic E-state index is 0.119. The van der Waals surface area contributed by atoms with Crippen LogP contribution in [0.1, 0.15) is 23.6 Å². The Hall–Kier alpha value is -4.06. The number of nitriles is 1. The molecule has 0 bridgehead atoms. The van der Waals surface area contributed by atoms with Gasteiger partial charge in [-0.1, -0.05) is 42.5 Å². The number of benzene rings is 3. The fraction of sp³-hybridized carbons (Fsp3) is 0.207. The van der Waals surface area contributed by atoms with Crippen LogP contribution in [0.15, 0.2) is 82.7 Å². The summed E-state index contributed by atoms with van der Waals surface area (Å²) in [6.07, 6.45) is 1.82. The van der Waals surface area contributed by atoms with E-state index < -0.39 is 0 Å². The number of amidine groups is 1. The van der Waals surface area contributed by atoms with Crippen molar-refractivity contribution in [2.24, 2.45) is 4.99 Å². The number of hydrogen-bond acceptors (Lipinski definition) is 7. The van der Waals surface area contributed by atoms with Gasteiger partial charge in [-0.2, -0.15) is 5.26 Å². The van der Waals surface area contributed by atoms with Crippen LogP contribution in [0.3, 0.4) is 0 Å². The maximum Gasteiger partial charge on any atom is 0.266 e. The maximum atomic E-state index is 13.3. The van der Waals surface area contributed by atoms with Crippen LogP contribution in [-0.2, 0) is 16.1 Å². The highest BCUT2D eigenvalue weighted by atomic mass is 32.2. The van der Waals surface area contributed by atoms with Gasteiger partial charge >= 0.3 is 0 Å². The predicted octanol–water partition coefficient (Wildman–Crippen LogP) is 5.79. The number of thioether (sulfide) groups is 1. The lowest BCUT2D eigenvalue weighted by atomic mass is 10.1. The summed E-state index contributed by atoms with van der Waals surface area (Å²) < 4.78 is 17.0. The van der Waals surface area contributed by atoms with Crippen molar-refractivity contribution < 1.29 is 19.0 Å². The number of carbonyl (C=O) groups is 1. The quantitative estimate of drug-likeness (QED) is 0.252. The van der Waals surface area contributed by atoms with Crippen LogP contribution in [-0.4, -0.2) is 42.8 Å². The zero-order valence-corrected chi connectivity index (χ0v) is 21.5. The van der Waals surface area contributed by atoms with Crippen molar-refractivity contribution in [3.05, 3.63) is 94.4 Å². The Morgan fingerprint density at radius 2 is 1.84 bits per heavy atom. The van der Waals surface area contributed by atoms with Crippen LogP contribution in [0.2, 0.25) is 0 Å². The van der Waals surface area contributed by atoms with Crippen LogP contribution in [0, 0.1) is 11.3 Å². The van der Waals surface area contributed by atoms with E-state index in [4.69, 9.17) is 19.2 Å². The van der Waals surface area contributed by atoms with Gasteiger partial charge in [-0.05, 0) is 60.7 Å². The van der Waals surface area contributed by atoms with Crippen molar-refractivity contribution in [1.82, 2.24) is 4.90 Å². The number of methoxy groups -OCH3 is 1. The van der Waals surface area contributed by atoms with Crippen LogP contribution in [0.4, 0.5) is 5.69 Å². The molecular formula is C29H27N3O4S. The molecule has 1 aliphatic heterocycles. The van der Waals surface area contributed by atoms with Gasteiger partial charge in [0.2, 0.25) is 0 Å². The van der Waals surface area contributed by atoms with Gasteiger partial charge in [0.05, 0.1) is 42.5 Å². The molecule has 3 aromatic rings. The monoisotopic (exact) mass is 513 g/mol. The van der Waals surface area contributed by atoms with E-state index in [1.165, 1.54) is 11.8 Å². The number of rotatable bonds is 10. The third-order valence-corrected chi connectivity index (χ3v) is 6.55. The lowest BCUT2D eigenvalue weighted by Crippen LogP contribution is -2.32. The first-order valence-corrected chi connectivity index (χ1v) is 12.7. The molecule has 4 rings (SSSR count). The van der Waals surface area contributed by atoms with Crippen molar-refractivity contribution in [3.8, 4) is 17.6 Å². The number of ether oxygens (including phenoxy) is 3. The van der Waals surface area contributed by atoms with E-state index in [-0.39, 0.29) is 12.5 Å². The highest BCUT2D eigenvalue weighted by Gasteiger charge is 2.33. The molecule has 1 heterocycles. The summed E-state index contributed by atoms with van der Waals surface area (Å²) in [5.41, 5.74) is 2.94. The summed E-state index contributed by atoms with van der Waals surface area (Å²) in [5.74, 6) is 0.963. The molecule has 8 heteroatoms. The molecule has 1 amide bonds. The number of hydrogen-bond donors (Lipinski definition) is 0. The van der Waals surface area contributed by atoms with Crippen molar-refractivity contribution in [2.45, 2.75) is 13.5 Å². The summed E-state index contributed by atoms with van der Waals surface area (Å²) >= 11 is 1.33. The smallest absolute Gasteiger partial charge is 0.266 e. The zero-order valence-electron chi connectivity index (χ0n) is 20.7. The minimum Gasteiger partial charge on any atom is -0.493 e. The Morgan fingerprint density at radius 1 is 1.05 bits per heavy atom. The van der Waals surface area contributed by atoms with Gasteiger partial charge in [-0.3, -0.25) is 9.69 Å². The average molecular weight is 514 g/mol. The summed E-state index contributed by atoms with van der Waals surface area (Å²) in [6.45, 7) is 3.60. The van der Waals surface area contributed by atoms with Gasteiger partial charge in [-0.15, -0.1) is 0 Å². The zero-order chi connectivity index (χ0) is 26.0. The first-order valence-electron chi connectivity index (χ1n) is 11.8. The molecule has 37 heavy (non-hydrogen) atoms. The summed E-state index contributed by atoms with van der Waals surface area (Å²) in [6, 6.07) is 24.5. The SMILES string of the molecule is CCOCCN1C(=O)/C(=C/c2ccc(OCc3ccccc3C#N)c(OC)c2)SC1=Nc1ccccc1. The first-order chi connectivity index (χ1) is 18.1. The van der Waals surface area contributed by atoms with Crippen LogP contribution in [0.25, 0.3) is 6.08 Å². The number of aliphatic imine (C=N–C) groups is 1. The molecular weight excluding hydrogens is 486 g/mol. The minimum atomic E-state index is -0.119. The van der Waals surface area contributed by atoms with Gasteiger partial charge < -0.3 is 14.2 Å². The number of amides is 1. The standard InChI is InChI=1S/C29H27N3O4S/c1-3-35-16-15-32-28(33)27(37-29(32)31-24-11-5-4-6-12-24)18-21-13-14-25(26(17-21)34-2)36-20-23-10-8-7-9-22(23)19-30/h4-14,17-18H,3,15-16,20H2,1-2H3/b27-18-,31-29?. The lowest BCUT2D eigenvalue weighted by Gasteiger charge is -2.15. The van der Waals surface area contributed by atoms with Gasteiger partial charge in [0.1, 0.15) is 6.61 Å². The topological polar surface area (TPSA) is 84.1 Å². The summed E-state index contributed by atoms with van der Waals surface area (Å²) in [4.78, 5) is 20.2. The molecule has 188 valence electrons. The third kappa shape index (κ3) is 6.58. The van der Waals surface area contributed by atoms with Crippen molar-refractivity contribution in [3.63, 3.8) is 0 Å². The molecule has 7 nitrogen and oxygen atoms in total. The van der Waals surface area contributed by atoms with Gasteiger partial charge in [0.25, 0.3) is 5.91 Å². The molecule has 0 atom stereocenters. The molecule has 1 aliphatic rings. The highest BCUT2D eigenvalue weighted by molar-refractivity contribution is 8.18. The Kier molecular flexibility index (Phi) is 8.98. The molecule has 0 N–H and O–H groups in total. The Morgan fingerprint density at radius 3 is 2.59 bits per heavy atom. The van der Waals surface area contributed by atoms with E-state index in [0.717, 1.165) is 16.8 Å². The van der Waals surface area contributed by atoms with E-state index in [1.807, 2.05) is 73.7 Å². The second-order valence-electron chi connectivity index (χ2n) is 7.96. The molecule has 0 aliphatic carbocycles. The molecule has 0 saturated carbocycles. The summed E-state index contributed by atoms with van der Waals surface area (Å²) in [5, 5.41) is 9.92. The van der Waals surface area contributed by atoms with Gasteiger partial charge in [-0.25, -0.2) is 4.99 Å². The van der Waals surface area contributed by atoms with E-state index in [2.05, 4.69) is 6.07 Å². The Labute approximate surface area is 221 Å². The number of para-hydroxylation sites is 1. The largest absolute Gasteiger partial charge is 0.493 e. The van der Waals surface area contributed by atoms with E-state index in [0.29, 0.717) is 46.9 Å². The van der Waals surface area contributed by atoms with Crippen LogP contribution in [0.5, 0.6) is 11.5 Å². The molecule has 1 saturated heterocycles. The second kappa shape index (κ2) is 12.8. The first kappa shape index (κ1) is 26.0. The van der Waals surface area contributed by atoms with E-state index >= 15 is 0 Å².